The molecule has 1 aliphatic heterocycles. The summed E-state index contributed by atoms with van der Waals surface area (Å²) < 4.78 is 10.0. The van der Waals surface area contributed by atoms with E-state index in [2.05, 4.69) is 20.3 Å². The summed E-state index contributed by atoms with van der Waals surface area (Å²) in [7, 11) is 0. The fourth-order valence-corrected chi connectivity index (χ4v) is 2.00. The third-order valence-electron chi connectivity index (χ3n) is 3.08. The molecule has 0 spiro atoms. The van der Waals surface area contributed by atoms with E-state index < -0.39 is 17.7 Å². The van der Waals surface area contributed by atoms with E-state index in [1.807, 2.05) is 0 Å². The molecule has 122 valence electrons. The maximum atomic E-state index is 11.9. The lowest BCUT2D eigenvalue weighted by atomic mass is 10.2. The highest BCUT2D eigenvalue weighted by atomic mass is 16.7. The van der Waals surface area contributed by atoms with Gasteiger partial charge in [-0.2, -0.15) is 0 Å². The number of hydrogen-bond donors (Lipinski definition) is 1. The van der Waals surface area contributed by atoms with Crippen molar-refractivity contribution in [3.8, 4) is 11.4 Å². The van der Waals surface area contributed by atoms with Crippen LogP contribution in [0.4, 0.5) is 5.82 Å². The molecule has 0 amide bonds. The van der Waals surface area contributed by atoms with Crippen molar-refractivity contribution >= 4 is 17.8 Å². The molecule has 1 saturated heterocycles. The Balaban J connectivity index is 1.80. The molecular formula is C16H14N4O4. The maximum Gasteiger partial charge on any atom is 0.350 e. The van der Waals surface area contributed by atoms with Crippen molar-refractivity contribution in [2.45, 2.75) is 19.6 Å². The molecule has 1 fully saturated rings. The van der Waals surface area contributed by atoms with E-state index in [-0.39, 0.29) is 5.57 Å². The first-order valence-corrected chi connectivity index (χ1v) is 7.11. The summed E-state index contributed by atoms with van der Waals surface area (Å²) in [6, 6.07) is 5.15. The van der Waals surface area contributed by atoms with E-state index in [1.54, 1.807) is 36.8 Å². The molecule has 0 radical (unpaired) electrons. The fourth-order valence-electron chi connectivity index (χ4n) is 2.00. The van der Waals surface area contributed by atoms with Crippen molar-refractivity contribution in [2.24, 2.45) is 0 Å². The minimum atomic E-state index is -1.27. The number of hydrogen-bond acceptors (Lipinski definition) is 8. The SMILES string of the molecule is CC1(C)OC(=O)C(=CNc2ccnc(-c3ccncc3)n2)C(=O)O1. The summed E-state index contributed by atoms with van der Waals surface area (Å²) in [6.45, 7) is 2.97. The molecule has 3 heterocycles. The van der Waals surface area contributed by atoms with Crippen LogP contribution in [0.1, 0.15) is 13.8 Å². The van der Waals surface area contributed by atoms with Crippen LogP contribution in [-0.2, 0) is 19.1 Å². The summed E-state index contributed by atoms with van der Waals surface area (Å²) in [5.41, 5.74) is 0.554. The van der Waals surface area contributed by atoms with Gasteiger partial charge < -0.3 is 14.8 Å². The van der Waals surface area contributed by atoms with E-state index in [1.165, 1.54) is 20.0 Å². The number of cyclic esters (lactones) is 2. The molecule has 1 N–H and O–H groups in total. The number of nitrogens with zero attached hydrogens (tertiary/aromatic N) is 3. The molecular weight excluding hydrogens is 312 g/mol. The van der Waals surface area contributed by atoms with Gasteiger partial charge in [-0.3, -0.25) is 4.98 Å². The van der Waals surface area contributed by atoms with Gasteiger partial charge >= 0.3 is 11.9 Å². The molecule has 0 atom stereocenters. The average Bonchev–Trinajstić information content (AvgIpc) is 2.54. The number of carbonyl (C=O) groups is 2. The lowest BCUT2D eigenvalue weighted by Crippen LogP contribution is -2.42. The van der Waals surface area contributed by atoms with Gasteiger partial charge in [0.1, 0.15) is 5.82 Å². The van der Waals surface area contributed by atoms with Crippen LogP contribution in [0.3, 0.4) is 0 Å². The first kappa shape index (κ1) is 15.6. The van der Waals surface area contributed by atoms with Crippen LogP contribution >= 0.6 is 0 Å². The van der Waals surface area contributed by atoms with Gasteiger partial charge in [0.25, 0.3) is 5.79 Å². The Kier molecular flexibility index (Phi) is 3.95. The largest absolute Gasteiger partial charge is 0.419 e. The van der Waals surface area contributed by atoms with Crippen LogP contribution in [-0.4, -0.2) is 32.7 Å². The van der Waals surface area contributed by atoms with Crippen molar-refractivity contribution in [1.82, 2.24) is 15.0 Å². The first-order valence-electron chi connectivity index (χ1n) is 7.11. The highest BCUT2D eigenvalue weighted by Crippen LogP contribution is 2.22. The van der Waals surface area contributed by atoms with Gasteiger partial charge in [-0.25, -0.2) is 19.6 Å². The highest BCUT2D eigenvalue weighted by molar-refractivity contribution is 6.15. The van der Waals surface area contributed by atoms with E-state index in [0.29, 0.717) is 11.6 Å². The second-order valence-corrected chi connectivity index (χ2v) is 5.38. The van der Waals surface area contributed by atoms with Crippen molar-refractivity contribution in [3.05, 3.63) is 48.6 Å². The summed E-state index contributed by atoms with van der Waals surface area (Å²) in [6.07, 6.45) is 6.04. The normalized spacial score (nSPS) is 16.2. The molecule has 8 heteroatoms. The minimum Gasteiger partial charge on any atom is -0.419 e. The number of esters is 2. The Morgan fingerprint density at radius 1 is 1.04 bits per heavy atom. The second-order valence-electron chi connectivity index (χ2n) is 5.38. The van der Waals surface area contributed by atoms with E-state index in [9.17, 15) is 9.59 Å². The maximum absolute atomic E-state index is 11.9. The van der Waals surface area contributed by atoms with Crippen LogP contribution in [0, 0.1) is 0 Å². The van der Waals surface area contributed by atoms with Gasteiger partial charge in [0.2, 0.25) is 0 Å². The van der Waals surface area contributed by atoms with Gasteiger partial charge in [-0.05, 0) is 18.2 Å². The molecule has 2 aromatic rings. The van der Waals surface area contributed by atoms with Crippen LogP contribution in [0.5, 0.6) is 0 Å². The van der Waals surface area contributed by atoms with Gasteiger partial charge in [-0.15, -0.1) is 0 Å². The van der Waals surface area contributed by atoms with E-state index >= 15 is 0 Å². The summed E-state index contributed by atoms with van der Waals surface area (Å²) >= 11 is 0. The topological polar surface area (TPSA) is 103 Å². The number of nitrogens with one attached hydrogen (secondary N) is 1. The highest BCUT2D eigenvalue weighted by Gasteiger charge is 2.38. The van der Waals surface area contributed by atoms with Gasteiger partial charge in [0.05, 0.1) is 0 Å². The zero-order chi connectivity index (χ0) is 17.2. The lowest BCUT2D eigenvalue weighted by molar-refractivity contribution is -0.222. The zero-order valence-electron chi connectivity index (χ0n) is 13.0. The lowest BCUT2D eigenvalue weighted by Gasteiger charge is -2.29. The number of pyridine rings is 1. The Labute approximate surface area is 137 Å². The predicted molar refractivity (Wildman–Crippen MR) is 83.2 cm³/mol. The van der Waals surface area contributed by atoms with Crippen molar-refractivity contribution < 1.29 is 19.1 Å². The average molecular weight is 326 g/mol. The van der Waals surface area contributed by atoms with Crippen molar-refractivity contribution in [2.75, 3.05) is 5.32 Å². The van der Waals surface area contributed by atoms with Crippen LogP contribution in [0.25, 0.3) is 11.4 Å². The number of ether oxygens (including phenoxy) is 2. The molecule has 8 nitrogen and oxygen atoms in total. The number of carbonyl (C=O) groups excluding carboxylic acids is 2. The second kappa shape index (κ2) is 6.07. The number of aromatic nitrogens is 3. The Hall–Kier alpha value is -3.29. The molecule has 2 aromatic heterocycles. The Bertz CT molecular complexity index is 796. The van der Waals surface area contributed by atoms with Crippen LogP contribution < -0.4 is 5.32 Å². The van der Waals surface area contributed by atoms with E-state index in [0.717, 1.165) is 5.56 Å². The third-order valence-corrected chi connectivity index (χ3v) is 3.08. The first-order chi connectivity index (χ1) is 11.4. The van der Waals surface area contributed by atoms with E-state index in [4.69, 9.17) is 9.47 Å². The van der Waals surface area contributed by atoms with Gasteiger partial charge in [-0.1, -0.05) is 0 Å². The molecule has 0 bridgehead atoms. The monoisotopic (exact) mass is 326 g/mol. The summed E-state index contributed by atoms with van der Waals surface area (Å²) in [4.78, 5) is 36.1. The molecule has 0 unspecified atom stereocenters. The van der Waals surface area contributed by atoms with Gasteiger partial charge in [0.15, 0.2) is 11.4 Å². The van der Waals surface area contributed by atoms with Gasteiger partial charge in [0, 0.05) is 44.2 Å². The van der Waals surface area contributed by atoms with Crippen LogP contribution in [0.2, 0.25) is 0 Å². The third kappa shape index (κ3) is 3.37. The predicted octanol–water partition coefficient (Wildman–Crippen LogP) is 1.67. The standard InChI is InChI=1S/C16H14N4O4/c1-16(2)23-14(21)11(15(22)24-16)9-19-12-5-8-18-13(20-12)10-3-6-17-7-4-10/h3-9H,1-2H3,(H,18,19,20). The molecule has 24 heavy (non-hydrogen) atoms. The summed E-state index contributed by atoms with van der Waals surface area (Å²) in [5, 5.41) is 2.78. The van der Waals surface area contributed by atoms with Crippen molar-refractivity contribution in [3.63, 3.8) is 0 Å². The summed E-state index contributed by atoms with van der Waals surface area (Å²) in [5.74, 6) is -1.89. The van der Waals surface area contributed by atoms with Crippen molar-refractivity contribution in [1.29, 1.82) is 0 Å². The molecule has 3 rings (SSSR count). The fraction of sp³-hybridized carbons (Fsp3) is 0.188. The number of rotatable bonds is 3. The van der Waals surface area contributed by atoms with Crippen LogP contribution in [0.15, 0.2) is 48.6 Å². The molecule has 0 aliphatic carbocycles. The molecule has 0 aromatic carbocycles. The zero-order valence-corrected chi connectivity index (χ0v) is 13.0. The molecule has 1 aliphatic rings. The smallest absolute Gasteiger partial charge is 0.350 e. The number of anilines is 1. The Morgan fingerprint density at radius 2 is 1.71 bits per heavy atom. The minimum absolute atomic E-state index is 0.238. The Morgan fingerprint density at radius 3 is 2.38 bits per heavy atom. The molecule has 0 saturated carbocycles. The quantitative estimate of drug-likeness (QED) is 0.516.